The number of rotatable bonds is 5. The van der Waals surface area contributed by atoms with Gasteiger partial charge in [-0.15, -0.1) is 0 Å². The van der Waals surface area contributed by atoms with Crippen molar-refractivity contribution < 1.29 is 18.4 Å². The minimum absolute atomic E-state index is 0.0831. The van der Waals surface area contributed by atoms with Crippen LogP contribution in [0.4, 0.5) is 4.39 Å². The van der Waals surface area contributed by atoms with Crippen LogP contribution in [-0.2, 0) is 6.54 Å². The smallest absolute Gasteiger partial charge is 0.254 e. The molecule has 134 valence electrons. The quantitative estimate of drug-likeness (QED) is 0.626. The lowest BCUT2D eigenvalue weighted by Gasteiger charge is -2.15. The van der Waals surface area contributed by atoms with E-state index in [0.717, 1.165) is 16.1 Å². The summed E-state index contributed by atoms with van der Waals surface area (Å²) in [6.07, 6.45) is 0. The summed E-state index contributed by atoms with van der Waals surface area (Å²) < 4.78 is 24.7. The third kappa shape index (κ3) is 3.91. The van der Waals surface area contributed by atoms with Gasteiger partial charge in [-0.2, -0.15) is 4.98 Å². The molecule has 1 amide bonds. The highest BCUT2D eigenvalue weighted by Crippen LogP contribution is 2.21. The highest BCUT2D eigenvalue weighted by Gasteiger charge is 2.18. The van der Waals surface area contributed by atoms with Crippen molar-refractivity contribution in [2.24, 2.45) is 0 Å². The first kappa shape index (κ1) is 18.1. The topological polar surface area (TPSA) is 68.5 Å². The molecule has 0 saturated heterocycles. The fourth-order valence-corrected chi connectivity index (χ4v) is 2.76. The largest absolute Gasteiger partial charge is 0.494 e. The molecule has 3 rings (SSSR count). The zero-order chi connectivity index (χ0) is 18.7. The Morgan fingerprint density at radius 2 is 2.12 bits per heavy atom. The fraction of sp³-hybridized carbons (Fsp3) is 0.167. The SMILES string of the molecule is COc1ccc(C(=O)N(C)Cc2nc(-c3cccc(Br)c3)no2)cc1F. The van der Waals surface area contributed by atoms with E-state index in [4.69, 9.17) is 9.26 Å². The van der Waals surface area contributed by atoms with Gasteiger partial charge in [0.05, 0.1) is 13.7 Å². The van der Waals surface area contributed by atoms with Crippen molar-refractivity contribution in [1.82, 2.24) is 15.0 Å². The molecule has 0 atom stereocenters. The van der Waals surface area contributed by atoms with Crippen LogP contribution in [0.1, 0.15) is 16.2 Å². The summed E-state index contributed by atoms with van der Waals surface area (Å²) in [4.78, 5) is 18.1. The Balaban J connectivity index is 1.73. The third-order valence-corrected chi connectivity index (χ3v) is 4.16. The van der Waals surface area contributed by atoms with E-state index < -0.39 is 5.82 Å². The Morgan fingerprint density at radius 3 is 2.81 bits per heavy atom. The number of methoxy groups -OCH3 is 1. The minimum atomic E-state index is -0.596. The summed E-state index contributed by atoms with van der Waals surface area (Å²) in [7, 11) is 2.94. The molecular formula is C18H15BrFN3O3. The molecule has 8 heteroatoms. The van der Waals surface area contributed by atoms with Crippen molar-refractivity contribution in [3.05, 3.63) is 64.2 Å². The second kappa shape index (κ2) is 7.65. The Morgan fingerprint density at radius 1 is 1.31 bits per heavy atom. The number of carbonyl (C=O) groups excluding carboxylic acids is 1. The van der Waals surface area contributed by atoms with E-state index in [9.17, 15) is 9.18 Å². The Kier molecular flexibility index (Phi) is 5.32. The molecule has 0 saturated carbocycles. The van der Waals surface area contributed by atoms with E-state index in [1.807, 2.05) is 24.3 Å². The number of nitrogens with zero attached hydrogens (tertiary/aromatic N) is 3. The summed E-state index contributed by atoms with van der Waals surface area (Å²) in [5, 5.41) is 3.93. The van der Waals surface area contributed by atoms with Crippen LogP contribution in [0.2, 0.25) is 0 Å². The first-order valence-corrected chi connectivity index (χ1v) is 8.44. The highest BCUT2D eigenvalue weighted by atomic mass is 79.9. The van der Waals surface area contributed by atoms with Gasteiger partial charge in [0.25, 0.3) is 5.91 Å². The number of carbonyl (C=O) groups is 1. The van der Waals surface area contributed by atoms with Crippen LogP contribution in [0.15, 0.2) is 51.5 Å². The van der Waals surface area contributed by atoms with E-state index in [1.165, 1.54) is 24.1 Å². The van der Waals surface area contributed by atoms with Gasteiger partial charge in [-0.05, 0) is 30.3 Å². The van der Waals surface area contributed by atoms with Crippen LogP contribution in [0, 0.1) is 5.82 Å². The van der Waals surface area contributed by atoms with Crippen molar-refractivity contribution >= 4 is 21.8 Å². The number of benzene rings is 2. The Labute approximate surface area is 157 Å². The summed E-state index contributed by atoms with van der Waals surface area (Å²) >= 11 is 3.39. The lowest BCUT2D eigenvalue weighted by Crippen LogP contribution is -2.26. The fourth-order valence-electron chi connectivity index (χ4n) is 2.36. The first-order valence-electron chi connectivity index (χ1n) is 7.65. The van der Waals surface area contributed by atoms with E-state index in [0.29, 0.717) is 5.82 Å². The molecule has 1 aromatic heterocycles. The van der Waals surface area contributed by atoms with Crippen LogP contribution in [0.3, 0.4) is 0 Å². The molecule has 0 aliphatic rings. The predicted octanol–water partition coefficient (Wildman–Crippen LogP) is 3.92. The number of halogens is 2. The first-order chi connectivity index (χ1) is 12.5. The van der Waals surface area contributed by atoms with E-state index in [1.54, 1.807) is 7.05 Å². The molecule has 3 aromatic rings. The molecule has 26 heavy (non-hydrogen) atoms. The van der Waals surface area contributed by atoms with Gasteiger partial charge in [-0.3, -0.25) is 4.79 Å². The normalized spacial score (nSPS) is 10.6. The van der Waals surface area contributed by atoms with Crippen molar-refractivity contribution in [2.45, 2.75) is 6.54 Å². The van der Waals surface area contributed by atoms with Gasteiger partial charge >= 0.3 is 0 Å². The summed E-state index contributed by atoms with van der Waals surface area (Å²) in [6, 6.07) is 11.5. The Hall–Kier alpha value is -2.74. The van der Waals surface area contributed by atoms with Gasteiger partial charge in [0.1, 0.15) is 0 Å². The van der Waals surface area contributed by atoms with Crippen LogP contribution in [0.5, 0.6) is 5.75 Å². The van der Waals surface area contributed by atoms with Gasteiger partial charge in [-0.1, -0.05) is 33.2 Å². The van der Waals surface area contributed by atoms with Crippen LogP contribution >= 0.6 is 15.9 Å². The van der Waals surface area contributed by atoms with Gasteiger partial charge in [0.15, 0.2) is 11.6 Å². The second-order valence-corrected chi connectivity index (χ2v) is 6.45. The standard InChI is InChI=1S/C18H15BrFN3O3/c1-23(18(24)12-6-7-15(25-2)14(20)9-12)10-16-21-17(22-26-16)11-4-3-5-13(19)8-11/h3-9H,10H2,1-2H3. The Bertz CT molecular complexity index is 945. The van der Waals surface area contributed by atoms with Gasteiger partial charge in [-0.25, -0.2) is 4.39 Å². The zero-order valence-corrected chi connectivity index (χ0v) is 15.7. The number of ether oxygens (including phenoxy) is 1. The average molecular weight is 420 g/mol. The van der Waals surface area contributed by atoms with Crippen LogP contribution < -0.4 is 4.74 Å². The number of aromatic nitrogens is 2. The lowest BCUT2D eigenvalue weighted by molar-refractivity contribution is 0.0769. The summed E-state index contributed by atoms with van der Waals surface area (Å²) in [5.41, 5.74) is 0.998. The van der Waals surface area contributed by atoms with Crippen molar-refractivity contribution in [2.75, 3.05) is 14.2 Å². The molecule has 0 fully saturated rings. The van der Waals surface area contributed by atoms with E-state index in [2.05, 4.69) is 26.1 Å². The summed E-state index contributed by atoms with van der Waals surface area (Å²) in [6.45, 7) is 0.105. The molecule has 1 heterocycles. The maximum Gasteiger partial charge on any atom is 0.254 e. The molecule has 0 N–H and O–H groups in total. The van der Waals surface area contributed by atoms with E-state index in [-0.39, 0.29) is 29.7 Å². The van der Waals surface area contributed by atoms with Gasteiger partial charge in [0.2, 0.25) is 11.7 Å². The second-order valence-electron chi connectivity index (χ2n) is 5.53. The average Bonchev–Trinajstić information content (AvgIpc) is 3.09. The number of hydrogen-bond acceptors (Lipinski definition) is 5. The molecule has 0 radical (unpaired) electrons. The maximum absolute atomic E-state index is 13.8. The third-order valence-electron chi connectivity index (χ3n) is 3.67. The summed E-state index contributed by atoms with van der Waals surface area (Å²) in [5.74, 6) is -0.169. The van der Waals surface area contributed by atoms with Crippen LogP contribution in [-0.4, -0.2) is 35.1 Å². The van der Waals surface area contributed by atoms with E-state index >= 15 is 0 Å². The zero-order valence-electron chi connectivity index (χ0n) is 14.1. The highest BCUT2D eigenvalue weighted by molar-refractivity contribution is 9.10. The molecule has 0 aliphatic heterocycles. The molecule has 2 aromatic carbocycles. The van der Waals surface area contributed by atoms with Crippen molar-refractivity contribution in [3.63, 3.8) is 0 Å². The van der Waals surface area contributed by atoms with Crippen molar-refractivity contribution in [3.8, 4) is 17.1 Å². The lowest BCUT2D eigenvalue weighted by atomic mass is 10.2. The van der Waals surface area contributed by atoms with Gasteiger partial charge in [0, 0.05) is 22.6 Å². The molecule has 6 nitrogen and oxygen atoms in total. The maximum atomic E-state index is 13.8. The van der Waals surface area contributed by atoms with Crippen LogP contribution in [0.25, 0.3) is 11.4 Å². The minimum Gasteiger partial charge on any atom is -0.494 e. The number of amides is 1. The molecule has 0 unspecified atom stereocenters. The number of hydrogen-bond donors (Lipinski definition) is 0. The molecule has 0 aliphatic carbocycles. The predicted molar refractivity (Wildman–Crippen MR) is 96.2 cm³/mol. The monoisotopic (exact) mass is 419 g/mol. The molecular weight excluding hydrogens is 405 g/mol. The van der Waals surface area contributed by atoms with Crippen molar-refractivity contribution in [1.29, 1.82) is 0 Å². The molecule has 0 spiro atoms. The molecule has 0 bridgehead atoms. The van der Waals surface area contributed by atoms with Gasteiger partial charge < -0.3 is 14.2 Å².